The van der Waals surface area contributed by atoms with Gasteiger partial charge in [-0.25, -0.2) is 15.0 Å². The fourth-order valence-electron chi connectivity index (χ4n) is 3.99. The zero-order chi connectivity index (χ0) is 22.4. The molecule has 9 nitrogen and oxygen atoms in total. The summed E-state index contributed by atoms with van der Waals surface area (Å²) >= 11 is 1.62. The Kier molecular flexibility index (Phi) is 5.16. The van der Waals surface area contributed by atoms with E-state index in [0.717, 1.165) is 38.6 Å². The largest absolute Gasteiger partial charge is 0.367 e. The van der Waals surface area contributed by atoms with E-state index in [0.29, 0.717) is 30.7 Å². The van der Waals surface area contributed by atoms with Crippen LogP contribution in [0.5, 0.6) is 0 Å². The smallest absolute Gasteiger partial charge is 0.220 e. The molecule has 1 fully saturated rings. The van der Waals surface area contributed by atoms with Crippen molar-refractivity contribution in [3.8, 4) is 22.2 Å². The van der Waals surface area contributed by atoms with E-state index in [1.807, 2.05) is 34.8 Å². The van der Waals surface area contributed by atoms with Crippen molar-refractivity contribution in [2.24, 2.45) is 7.05 Å². The van der Waals surface area contributed by atoms with Crippen LogP contribution in [0.3, 0.4) is 0 Å². The number of nitrogens with one attached hydrogen (secondary N) is 2. The summed E-state index contributed by atoms with van der Waals surface area (Å²) in [6.07, 6.45) is 7.04. The number of aromatic nitrogens is 6. The minimum atomic E-state index is 0.101. The lowest BCUT2D eigenvalue weighted by Crippen LogP contribution is -2.32. The van der Waals surface area contributed by atoms with Crippen molar-refractivity contribution in [2.45, 2.75) is 45.7 Å². The van der Waals surface area contributed by atoms with Gasteiger partial charge in [-0.3, -0.25) is 9.48 Å². The highest BCUT2D eigenvalue weighted by molar-refractivity contribution is 7.22. The molecule has 1 aliphatic heterocycles. The maximum Gasteiger partial charge on any atom is 0.220 e. The van der Waals surface area contributed by atoms with Crippen molar-refractivity contribution in [1.29, 1.82) is 0 Å². The van der Waals surface area contributed by atoms with Crippen LogP contribution in [-0.4, -0.2) is 47.8 Å². The van der Waals surface area contributed by atoms with Gasteiger partial charge in [0.15, 0.2) is 11.6 Å². The first-order chi connectivity index (χ1) is 15.4. The van der Waals surface area contributed by atoms with Gasteiger partial charge in [0.25, 0.3) is 0 Å². The average Bonchev–Trinajstić information content (AvgIpc) is 3.53. The number of rotatable bonds is 6. The monoisotopic (exact) mass is 450 g/mol. The number of thiophene rings is 1. The molecule has 0 aromatic carbocycles. The van der Waals surface area contributed by atoms with Gasteiger partial charge in [-0.05, 0) is 38.8 Å². The van der Waals surface area contributed by atoms with E-state index in [2.05, 4.69) is 36.4 Å². The number of nitrogens with zero attached hydrogens (tertiary/aromatic N) is 6. The van der Waals surface area contributed by atoms with Gasteiger partial charge in [-0.2, -0.15) is 5.10 Å². The summed E-state index contributed by atoms with van der Waals surface area (Å²) in [5.74, 6) is 2.15. The molecule has 0 unspecified atom stereocenters. The summed E-state index contributed by atoms with van der Waals surface area (Å²) in [7, 11) is 1.93. The Morgan fingerprint density at radius 1 is 1.31 bits per heavy atom. The number of carbonyl (C=O) groups excluding carboxylic acids is 1. The Labute approximate surface area is 189 Å². The topological polar surface area (TPSA) is 103 Å². The Hall–Kier alpha value is -3.27. The number of anilines is 1. The van der Waals surface area contributed by atoms with Crippen molar-refractivity contribution in [2.75, 3.05) is 11.9 Å². The number of hydrogen-bond donors (Lipinski definition) is 2. The van der Waals surface area contributed by atoms with Crippen LogP contribution >= 0.6 is 11.3 Å². The summed E-state index contributed by atoms with van der Waals surface area (Å²) in [6.45, 7) is 6.94. The van der Waals surface area contributed by atoms with Crippen molar-refractivity contribution >= 4 is 33.3 Å². The van der Waals surface area contributed by atoms with Crippen LogP contribution in [0.15, 0.2) is 24.7 Å². The van der Waals surface area contributed by atoms with Gasteiger partial charge in [0.2, 0.25) is 5.91 Å². The maximum atomic E-state index is 11.6. The first kappa shape index (κ1) is 20.6. The predicted octanol–water partition coefficient (Wildman–Crippen LogP) is 3.54. The second kappa shape index (κ2) is 8.01. The number of hydrogen-bond acceptors (Lipinski definition) is 7. The van der Waals surface area contributed by atoms with Crippen molar-refractivity contribution < 1.29 is 4.79 Å². The Morgan fingerprint density at radius 3 is 2.81 bits per heavy atom. The first-order valence-corrected chi connectivity index (χ1v) is 11.6. The highest BCUT2D eigenvalue weighted by Gasteiger charge is 2.23. The zero-order valence-electron chi connectivity index (χ0n) is 18.6. The SMILES string of the molecule is Cc1c(-c2ccn(C(C)C)n2)sc2nc(-c3nccn3C)nc(NC[C@H]3CCC(=O)N3)c12. The van der Waals surface area contributed by atoms with Gasteiger partial charge >= 0.3 is 0 Å². The molecule has 1 aliphatic rings. The molecule has 2 N–H and O–H groups in total. The fraction of sp³-hybridized carbons (Fsp3) is 0.409. The highest BCUT2D eigenvalue weighted by atomic mass is 32.1. The molecule has 0 spiro atoms. The number of fused-ring (bicyclic) bond motifs is 1. The fourth-order valence-corrected chi connectivity index (χ4v) is 5.14. The van der Waals surface area contributed by atoms with Crippen LogP contribution < -0.4 is 10.6 Å². The lowest BCUT2D eigenvalue weighted by molar-refractivity contribution is -0.119. The third kappa shape index (κ3) is 3.64. The van der Waals surface area contributed by atoms with Crippen LogP contribution in [0.4, 0.5) is 5.82 Å². The number of amides is 1. The summed E-state index contributed by atoms with van der Waals surface area (Å²) in [6, 6.07) is 2.45. The molecule has 1 atom stereocenters. The number of carbonyl (C=O) groups is 1. The Bertz CT molecular complexity index is 1300. The molecule has 4 aromatic rings. The van der Waals surface area contributed by atoms with Gasteiger partial charge in [0, 0.05) is 50.7 Å². The second-order valence-corrected chi connectivity index (χ2v) is 9.45. The molecular weight excluding hydrogens is 424 g/mol. The standard InChI is InChI=1S/C22H26N8OS/c1-12(2)30-9-7-15(28-30)18-13(3)17-19(24-11-14-5-6-16(31)25-14)26-20(27-22(17)32-18)21-23-8-10-29(21)4/h7-10,12,14H,5-6,11H2,1-4H3,(H,25,31)(H,24,26,27)/t14-/m1/s1. The summed E-state index contributed by atoms with van der Waals surface area (Å²) in [4.78, 5) is 27.7. The Balaban J connectivity index is 1.60. The minimum absolute atomic E-state index is 0.101. The maximum absolute atomic E-state index is 11.6. The third-order valence-electron chi connectivity index (χ3n) is 5.78. The lowest BCUT2D eigenvalue weighted by Gasteiger charge is -2.14. The van der Waals surface area contributed by atoms with Crippen molar-refractivity contribution in [1.82, 2.24) is 34.6 Å². The molecular formula is C22H26N8OS. The molecule has 0 saturated carbocycles. The van der Waals surface area contributed by atoms with E-state index in [4.69, 9.17) is 15.1 Å². The summed E-state index contributed by atoms with van der Waals surface area (Å²) in [5, 5.41) is 12.2. The quantitative estimate of drug-likeness (QED) is 0.466. The van der Waals surface area contributed by atoms with Crippen molar-refractivity contribution in [3.63, 3.8) is 0 Å². The van der Waals surface area contributed by atoms with Crippen LogP contribution in [0.1, 0.15) is 38.3 Å². The molecule has 0 aliphatic carbocycles. The molecule has 32 heavy (non-hydrogen) atoms. The molecule has 166 valence electrons. The molecule has 5 rings (SSSR count). The van der Waals surface area contributed by atoms with E-state index in [1.165, 1.54) is 0 Å². The molecule has 1 saturated heterocycles. The molecule has 1 amide bonds. The highest BCUT2D eigenvalue weighted by Crippen LogP contribution is 2.40. The molecule has 0 radical (unpaired) electrons. The van der Waals surface area contributed by atoms with Crippen LogP contribution in [0.25, 0.3) is 32.4 Å². The number of imidazole rings is 1. The predicted molar refractivity (Wildman–Crippen MR) is 126 cm³/mol. The normalized spacial score (nSPS) is 16.3. The van der Waals surface area contributed by atoms with Gasteiger partial charge in [0.05, 0.1) is 10.3 Å². The van der Waals surface area contributed by atoms with Crippen LogP contribution in [-0.2, 0) is 11.8 Å². The van der Waals surface area contributed by atoms with Crippen LogP contribution in [0, 0.1) is 6.92 Å². The first-order valence-electron chi connectivity index (χ1n) is 10.8. The van der Waals surface area contributed by atoms with E-state index in [-0.39, 0.29) is 11.9 Å². The lowest BCUT2D eigenvalue weighted by atomic mass is 10.1. The van der Waals surface area contributed by atoms with Gasteiger partial charge < -0.3 is 15.2 Å². The minimum Gasteiger partial charge on any atom is -0.367 e. The van der Waals surface area contributed by atoms with Gasteiger partial charge in [-0.1, -0.05) is 0 Å². The van der Waals surface area contributed by atoms with Crippen LogP contribution in [0.2, 0.25) is 0 Å². The zero-order valence-corrected chi connectivity index (χ0v) is 19.4. The average molecular weight is 451 g/mol. The van der Waals surface area contributed by atoms with Gasteiger partial charge in [-0.15, -0.1) is 11.3 Å². The molecule has 0 bridgehead atoms. The van der Waals surface area contributed by atoms with E-state index < -0.39 is 0 Å². The second-order valence-electron chi connectivity index (χ2n) is 8.45. The van der Waals surface area contributed by atoms with E-state index in [9.17, 15) is 4.79 Å². The van der Waals surface area contributed by atoms with E-state index in [1.54, 1.807) is 17.5 Å². The summed E-state index contributed by atoms with van der Waals surface area (Å²) in [5.41, 5.74) is 2.04. The molecule has 10 heteroatoms. The molecule has 5 heterocycles. The summed E-state index contributed by atoms with van der Waals surface area (Å²) < 4.78 is 3.87. The van der Waals surface area contributed by atoms with Gasteiger partial charge in [0.1, 0.15) is 16.3 Å². The van der Waals surface area contributed by atoms with Crippen molar-refractivity contribution in [3.05, 3.63) is 30.2 Å². The number of aryl methyl sites for hydroxylation is 2. The van der Waals surface area contributed by atoms with E-state index >= 15 is 0 Å². The molecule has 4 aromatic heterocycles. The third-order valence-corrected chi connectivity index (χ3v) is 6.99. The Morgan fingerprint density at radius 2 is 2.16 bits per heavy atom.